The Balaban J connectivity index is 2.46. The van der Waals surface area contributed by atoms with Gasteiger partial charge in [-0.25, -0.2) is 4.31 Å². The van der Waals surface area contributed by atoms with Gasteiger partial charge < -0.3 is 10.2 Å². The van der Waals surface area contributed by atoms with E-state index in [1.165, 1.54) is 19.0 Å². The van der Waals surface area contributed by atoms with Gasteiger partial charge in [0.25, 0.3) is 0 Å². The standard InChI is InChI=1S/C23H30Cl2N4O4S/c1-16(2)26-23(31)17(3)28(14-18-11-12-19(24)13-21(18)25)22(30)15-29(34(32,33)27(4)5)20-9-7-6-8-10-20/h6-13,16-17H,14-15H2,1-5H3,(H,26,31)/t17-/m1/s1. The molecule has 2 amide bonds. The Hall–Kier alpha value is -2.33. The molecule has 0 fully saturated rings. The van der Waals surface area contributed by atoms with E-state index in [-0.39, 0.29) is 18.5 Å². The van der Waals surface area contributed by atoms with Crippen LogP contribution >= 0.6 is 23.2 Å². The molecule has 8 nitrogen and oxygen atoms in total. The predicted octanol–water partition coefficient (Wildman–Crippen LogP) is 3.55. The van der Waals surface area contributed by atoms with Crippen LogP contribution in [0.3, 0.4) is 0 Å². The molecule has 2 aromatic rings. The zero-order chi connectivity index (χ0) is 25.6. The quantitative estimate of drug-likeness (QED) is 0.510. The molecule has 0 radical (unpaired) electrons. The summed E-state index contributed by atoms with van der Waals surface area (Å²) in [4.78, 5) is 27.7. The minimum Gasteiger partial charge on any atom is -0.352 e. The second-order valence-electron chi connectivity index (χ2n) is 8.23. The highest BCUT2D eigenvalue weighted by atomic mass is 35.5. The number of anilines is 1. The van der Waals surface area contributed by atoms with E-state index < -0.39 is 28.7 Å². The fraction of sp³-hybridized carbons (Fsp3) is 0.391. The molecule has 0 unspecified atom stereocenters. The van der Waals surface area contributed by atoms with Gasteiger partial charge in [0.1, 0.15) is 12.6 Å². The minimum absolute atomic E-state index is 0.00778. The second-order valence-corrected chi connectivity index (χ2v) is 11.1. The van der Waals surface area contributed by atoms with Crippen LogP contribution in [0.5, 0.6) is 0 Å². The van der Waals surface area contributed by atoms with E-state index in [0.717, 1.165) is 8.61 Å². The number of carbonyl (C=O) groups is 2. The van der Waals surface area contributed by atoms with Crippen LogP contribution in [0.1, 0.15) is 26.3 Å². The number of halogens is 2. The van der Waals surface area contributed by atoms with Gasteiger partial charge in [0.05, 0.1) is 5.69 Å². The van der Waals surface area contributed by atoms with Crippen molar-refractivity contribution in [3.05, 3.63) is 64.1 Å². The summed E-state index contributed by atoms with van der Waals surface area (Å²) in [5, 5.41) is 3.56. The van der Waals surface area contributed by atoms with E-state index in [2.05, 4.69) is 5.32 Å². The van der Waals surface area contributed by atoms with Crippen molar-refractivity contribution in [2.24, 2.45) is 0 Å². The maximum Gasteiger partial charge on any atom is 0.304 e. The van der Waals surface area contributed by atoms with Crippen molar-refractivity contribution in [1.29, 1.82) is 0 Å². The van der Waals surface area contributed by atoms with Crippen molar-refractivity contribution in [1.82, 2.24) is 14.5 Å². The largest absolute Gasteiger partial charge is 0.352 e. The number of nitrogens with one attached hydrogen (secondary N) is 1. The summed E-state index contributed by atoms with van der Waals surface area (Å²) in [6, 6.07) is 12.1. The fourth-order valence-electron chi connectivity index (χ4n) is 3.13. The Morgan fingerprint density at radius 3 is 2.15 bits per heavy atom. The van der Waals surface area contributed by atoms with Gasteiger partial charge in [-0.15, -0.1) is 0 Å². The third-order valence-electron chi connectivity index (χ3n) is 5.02. The summed E-state index contributed by atoms with van der Waals surface area (Å²) >= 11 is 12.3. The van der Waals surface area contributed by atoms with Crippen molar-refractivity contribution < 1.29 is 18.0 Å². The Morgan fingerprint density at radius 1 is 1.00 bits per heavy atom. The van der Waals surface area contributed by atoms with E-state index >= 15 is 0 Å². The van der Waals surface area contributed by atoms with Crippen molar-refractivity contribution in [2.75, 3.05) is 24.9 Å². The van der Waals surface area contributed by atoms with E-state index in [0.29, 0.717) is 21.3 Å². The third kappa shape index (κ3) is 7.09. The fourth-order valence-corrected chi connectivity index (χ4v) is 4.66. The Bertz CT molecular complexity index is 1110. The molecule has 0 spiro atoms. The summed E-state index contributed by atoms with van der Waals surface area (Å²) in [6.45, 7) is 4.70. The molecule has 0 saturated carbocycles. The van der Waals surface area contributed by atoms with Gasteiger partial charge in [-0.1, -0.05) is 47.5 Å². The number of rotatable bonds is 10. The number of nitrogens with zero attached hydrogens (tertiary/aromatic N) is 3. The van der Waals surface area contributed by atoms with Crippen molar-refractivity contribution >= 4 is 50.9 Å². The molecule has 186 valence electrons. The predicted molar refractivity (Wildman–Crippen MR) is 136 cm³/mol. The van der Waals surface area contributed by atoms with Gasteiger partial charge in [0, 0.05) is 36.7 Å². The van der Waals surface area contributed by atoms with Gasteiger partial charge in [0.15, 0.2) is 0 Å². The first-order chi connectivity index (χ1) is 15.8. The molecule has 0 aliphatic rings. The van der Waals surface area contributed by atoms with E-state index in [1.54, 1.807) is 55.5 Å². The number of para-hydroxylation sites is 1. The molecule has 0 aliphatic heterocycles. The van der Waals surface area contributed by atoms with Crippen LogP contribution in [-0.4, -0.2) is 62.2 Å². The molecule has 1 N–H and O–H groups in total. The van der Waals surface area contributed by atoms with Crippen molar-refractivity contribution in [3.8, 4) is 0 Å². The maximum atomic E-state index is 13.6. The SMILES string of the molecule is CC(C)NC(=O)[C@@H](C)N(Cc1ccc(Cl)cc1Cl)C(=O)CN(c1ccccc1)S(=O)(=O)N(C)C. The molecule has 0 aliphatic carbocycles. The number of benzene rings is 2. The number of amides is 2. The maximum absolute atomic E-state index is 13.6. The summed E-state index contributed by atoms with van der Waals surface area (Å²) in [5.74, 6) is -0.929. The topological polar surface area (TPSA) is 90.0 Å². The highest BCUT2D eigenvalue weighted by Gasteiger charge is 2.32. The first-order valence-electron chi connectivity index (χ1n) is 10.6. The first kappa shape index (κ1) is 27.9. The molecule has 11 heteroatoms. The molecular formula is C23H30Cl2N4O4S. The lowest BCUT2D eigenvalue weighted by Gasteiger charge is -2.33. The van der Waals surface area contributed by atoms with E-state index in [1.807, 2.05) is 13.8 Å². The average molecular weight is 529 g/mol. The first-order valence-corrected chi connectivity index (χ1v) is 12.8. The van der Waals surface area contributed by atoms with Crippen LogP contribution < -0.4 is 9.62 Å². The molecule has 34 heavy (non-hydrogen) atoms. The monoisotopic (exact) mass is 528 g/mol. The van der Waals surface area contributed by atoms with Gasteiger partial charge in [-0.3, -0.25) is 9.59 Å². The van der Waals surface area contributed by atoms with E-state index in [4.69, 9.17) is 23.2 Å². The minimum atomic E-state index is -4.00. The van der Waals surface area contributed by atoms with Crippen LogP contribution in [-0.2, 0) is 26.3 Å². The highest BCUT2D eigenvalue weighted by molar-refractivity contribution is 7.90. The Labute approximate surface area is 211 Å². The lowest BCUT2D eigenvalue weighted by atomic mass is 10.1. The van der Waals surface area contributed by atoms with Crippen LogP contribution in [0.2, 0.25) is 10.0 Å². The molecule has 0 aromatic heterocycles. The normalized spacial score (nSPS) is 12.5. The second kappa shape index (κ2) is 11.9. The highest BCUT2D eigenvalue weighted by Crippen LogP contribution is 2.24. The van der Waals surface area contributed by atoms with Gasteiger partial charge in [-0.2, -0.15) is 12.7 Å². The van der Waals surface area contributed by atoms with E-state index in [9.17, 15) is 18.0 Å². The summed E-state index contributed by atoms with van der Waals surface area (Å²) < 4.78 is 28.2. The van der Waals surface area contributed by atoms with Crippen LogP contribution in [0.25, 0.3) is 0 Å². The summed E-state index contributed by atoms with van der Waals surface area (Å²) in [7, 11) is -1.22. The van der Waals surface area contributed by atoms with Gasteiger partial charge in [0.2, 0.25) is 11.8 Å². The van der Waals surface area contributed by atoms with Crippen molar-refractivity contribution in [2.45, 2.75) is 39.4 Å². The smallest absolute Gasteiger partial charge is 0.304 e. The van der Waals surface area contributed by atoms with Crippen LogP contribution in [0.4, 0.5) is 5.69 Å². The van der Waals surface area contributed by atoms with Crippen LogP contribution in [0.15, 0.2) is 48.5 Å². The molecule has 1 atom stereocenters. The molecular weight excluding hydrogens is 499 g/mol. The average Bonchev–Trinajstić information content (AvgIpc) is 2.76. The Kier molecular flexibility index (Phi) is 9.75. The van der Waals surface area contributed by atoms with Crippen molar-refractivity contribution in [3.63, 3.8) is 0 Å². The van der Waals surface area contributed by atoms with Gasteiger partial charge in [-0.05, 0) is 50.6 Å². The molecule has 0 bridgehead atoms. The summed E-state index contributed by atoms with van der Waals surface area (Å²) in [6.07, 6.45) is 0. The van der Waals surface area contributed by atoms with Gasteiger partial charge >= 0.3 is 10.2 Å². The lowest BCUT2D eigenvalue weighted by Crippen LogP contribution is -2.53. The number of carbonyl (C=O) groups excluding carboxylic acids is 2. The number of hydrogen-bond donors (Lipinski definition) is 1. The summed E-state index contributed by atoms with van der Waals surface area (Å²) in [5.41, 5.74) is 0.902. The molecule has 0 heterocycles. The molecule has 2 aromatic carbocycles. The molecule has 2 rings (SSSR count). The zero-order valence-electron chi connectivity index (χ0n) is 19.8. The Morgan fingerprint density at radius 2 is 1.62 bits per heavy atom. The number of hydrogen-bond acceptors (Lipinski definition) is 4. The molecule has 0 saturated heterocycles. The lowest BCUT2D eigenvalue weighted by molar-refractivity contribution is -0.139. The van der Waals surface area contributed by atoms with Crippen LogP contribution in [0, 0.1) is 0 Å². The zero-order valence-corrected chi connectivity index (χ0v) is 22.2. The third-order valence-corrected chi connectivity index (χ3v) is 7.42.